The minimum absolute atomic E-state index is 0.0669. The summed E-state index contributed by atoms with van der Waals surface area (Å²) in [6.07, 6.45) is 5.93. The van der Waals surface area contributed by atoms with E-state index in [9.17, 15) is 0 Å². The van der Waals surface area contributed by atoms with Crippen LogP contribution in [0.25, 0.3) is 10.8 Å². The van der Waals surface area contributed by atoms with Crippen molar-refractivity contribution in [1.82, 2.24) is 4.98 Å². The van der Waals surface area contributed by atoms with E-state index in [1.54, 1.807) is 0 Å². The maximum absolute atomic E-state index is 6.21. The van der Waals surface area contributed by atoms with Crippen LogP contribution in [0.2, 0.25) is 0 Å². The molecule has 0 radical (unpaired) electrons. The summed E-state index contributed by atoms with van der Waals surface area (Å²) in [5, 5.41) is 2.43. The zero-order valence-electron chi connectivity index (χ0n) is 7.90. The van der Waals surface area contributed by atoms with E-state index in [1.165, 1.54) is 16.3 Å². The third kappa shape index (κ3) is 1.04. The summed E-state index contributed by atoms with van der Waals surface area (Å²) in [6, 6.07) is 8.33. The lowest BCUT2D eigenvalue weighted by Crippen LogP contribution is -2.18. The quantitative estimate of drug-likeness (QED) is 0.737. The maximum Gasteiger partial charge on any atom is 0.0418 e. The minimum Gasteiger partial charge on any atom is -0.321 e. The minimum atomic E-state index is -0.0669. The predicted octanol–water partition coefficient (Wildman–Crippen LogP) is 2.18. The number of nitrogens with two attached hydrogens (primary N) is 1. The normalized spacial score (nSPS) is 18.4. The fourth-order valence-corrected chi connectivity index (χ4v) is 1.95. The van der Waals surface area contributed by atoms with Gasteiger partial charge in [0.15, 0.2) is 0 Å². The molecule has 1 heterocycles. The molecule has 1 saturated carbocycles. The number of rotatable bonds is 1. The SMILES string of the molecule is NC1(c2cccc3ccncc23)CC1. The Bertz CT molecular complexity index is 481. The smallest absolute Gasteiger partial charge is 0.0418 e. The highest BCUT2D eigenvalue weighted by molar-refractivity contribution is 5.86. The number of benzene rings is 1. The van der Waals surface area contributed by atoms with Gasteiger partial charge in [-0.2, -0.15) is 0 Å². The molecule has 2 aromatic rings. The molecule has 0 aliphatic heterocycles. The van der Waals surface area contributed by atoms with Crippen molar-refractivity contribution in [2.45, 2.75) is 18.4 Å². The number of fused-ring (bicyclic) bond motifs is 1. The van der Waals surface area contributed by atoms with Crippen LogP contribution in [0, 0.1) is 0 Å². The van der Waals surface area contributed by atoms with Gasteiger partial charge in [0.25, 0.3) is 0 Å². The zero-order chi connectivity index (χ0) is 9.60. The molecule has 0 atom stereocenters. The lowest BCUT2D eigenvalue weighted by atomic mass is 9.99. The van der Waals surface area contributed by atoms with Crippen LogP contribution in [0.4, 0.5) is 0 Å². The number of hydrogen-bond acceptors (Lipinski definition) is 2. The van der Waals surface area contributed by atoms with Crippen molar-refractivity contribution in [3.8, 4) is 0 Å². The Kier molecular flexibility index (Phi) is 1.45. The molecular weight excluding hydrogens is 172 g/mol. The van der Waals surface area contributed by atoms with Gasteiger partial charge in [-0.3, -0.25) is 4.98 Å². The highest BCUT2D eigenvalue weighted by atomic mass is 14.8. The number of pyridine rings is 1. The van der Waals surface area contributed by atoms with Crippen LogP contribution in [-0.2, 0) is 5.54 Å². The fraction of sp³-hybridized carbons (Fsp3) is 0.250. The Morgan fingerprint density at radius 3 is 2.86 bits per heavy atom. The first-order valence-corrected chi connectivity index (χ1v) is 4.92. The Morgan fingerprint density at radius 1 is 1.21 bits per heavy atom. The highest BCUT2D eigenvalue weighted by Crippen LogP contribution is 2.44. The zero-order valence-corrected chi connectivity index (χ0v) is 7.90. The average molecular weight is 184 g/mol. The van der Waals surface area contributed by atoms with Gasteiger partial charge in [0.2, 0.25) is 0 Å². The van der Waals surface area contributed by atoms with E-state index < -0.39 is 0 Å². The molecule has 0 bridgehead atoms. The van der Waals surface area contributed by atoms with Crippen molar-refractivity contribution < 1.29 is 0 Å². The molecule has 0 unspecified atom stereocenters. The van der Waals surface area contributed by atoms with Gasteiger partial charge in [0.05, 0.1) is 0 Å². The summed E-state index contributed by atoms with van der Waals surface area (Å²) in [4.78, 5) is 4.16. The van der Waals surface area contributed by atoms with E-state index in [2.05, 4.69) is 23.2 Å². The topological polar surface area (TPSA) is 38.9 Å². The summed E-state index contributed by atoms with van der Waals surface area (Å²) >= 11 is 0. The Labute approximate surface area is 82.8 Å². The van der Waals surface area contributed by atoms with Gasteiger partial charge in [0, 0.05) is 23.3 Å². The van der Waals surface area contributed by atoms with Crippen molar-refractivity contribution in [3.63, 3.8) is 0 Å². The highest BCUT2D eigenvalue weighted by Gasteiger charge is 2.40. The second-order valence-corrected chi connectivity index (χ2v) is 4.06. The Morgan fingerprint density at radius 2 is 2.07 bits per heavy atom. The van der Waals surface area contributed by atoms with Gasteiger partial charge < -0.3 is 5.73 Å². The molecule has 0 spiro atoms. The molecular formula is C12H12N2. The first-order valence-electron chi connectivity index (χ1n) is 4.92. The molecule has 1 aromatic heterocycles. The maximum atomic E-state index is 6.21. The monoisotopic (exact) mass is 184 g/mol. The van der Waals surface area contributed by atoms with Crippen molar-refractivity contribution >= 4 is 10.8 Å². The fourth-order valence-electron chi connectivity index (χ4n) is 1.95. The van der Waals surface area contributed by atoms with Crippen molar-refractivity contribution in [2.24, 2.45) is 5.73 Å². The van der Waals surface area contributed by atoms with Gasteiger partial charge in [-0.15, -0.1) is 0 Å². The molecule has 1 aliphatic rings. The van der Waals surface area contributed by atoms with E-state index in [-0.39, 0.29) is 5.54 Å². The van der Waals surface area contributed by atoms with Crippen LogP contribution >= 0.6 is 0 Å². The van der Waals surface area contributed by atoms with Gasteiger partial charge >= 0.3 is 0 Å². The molecule has 1 fully saturated rings. The molecule has 1 aliphatic carbocycles. The van der Waals surface area contributed by atoms with Crippen LogP contribution in [-0.4, -0.2) is 4.98 Å². The average Bonchev–Trinajstić information content (AvgIpc) is 2.97. The van der Waals surface area contributed by atoms with Gasteiger partial charge in [0.1, 0.15) is 0 Å². The summed E-state index contributed by atoms with van der Waals surface area (Å²) in [5.41, 5.74) is 7.39. The van der Waals surface area contributed by atoms with Crippen LogP contribution < -0.4 is 5.73 Å². The Hall–Kier alpha value is -1.41. The van der Waals surface area contributed by atoms with Crippen LogP contribution in [0.5, 0.6) is 0 Å². The molecule has 3 rings (SSSR count). The van der Waals surface area contributed by atoms with E-state index in [1.807, 2.05) is 18.5 Å². The summed E-state index contributed by atoms with van der Waals surface area (Å²) in [5.74, 6) is 0. The summed E-state index contributed by atoms with van der Waals surface area (Å²) in [7, 11) is 0. The van der Waals surface area contributed by atoms with E-state index in [0.717, 1.165) is 12.8 Å². The third-order valence-corrected chi connectivity index (χ3v) is 3.01. The molecule has 1 aromatic carbocycles. The molecule has 0 amide bonds. The summed E-state index contributed by atoms with van der Waals surface area (Å²) in [6.45, 7) is 0. The van der Waals surface area contributed by atoms with Crippen LogP contribution in [0.15, 0.2) is 36.7 Å². The van der Waals surface area contributed by atoms with Crippen molar-refractivity contribution in [2.75, 3.05) is 0 Å². The second kappa shape index (κ2) is 2.55. The van der Waals surface area contributed by atoms with E-state index in [0.29, 0.717) is 0 Å². The largest absolute Gasteiger partial charge is 0.321 e. The van der Waals surface area contributed by atoms with Gasteiger partial charge in [-0.1, -0.05) is 18.2 Å². The lowest BCUT2D eigenvalue weighted by molar-refractivity contribution is 0.747. The third-order valence-electron chi connectivity index (χ3n) is 3.01. The standard InChI is InChI=1S/C12H12N2/c13-12(5-6-12)11-3-1-2-9-4-7-14-8-10(9)11/h1-4,7-8H,5-6,13H2. The van der Waals surface area contributed by atoms with E-state index in [4.69, 9.17) is 5.73 Å². The number of hydrogen-bond donors (Lipinski definition) is 1. The number of nitrogens with zero attached hydrogens (tertiary/aromatic N) is 1. The predicted molar refractivity (Wildman–Crippen MR) is 56.8 cm³/mol. The van der Waals surface area contributed by atoms with E-state index >= 15 is 0 Å². The second-order valence-electron chi connectivity index (χ2n) is 4.06. The van der Waals surface area contributed by atoms with Crippen molar-refractivity contribution in [1.29, 1.82) is 0 Å². The molecule has 2 nitrogen and oxygen atoms in total. The molecule has 2 heteroatoms. The first kappa shape index (κ1) is 7.94. The van der Waals surface area contributed by atoms with Crippen LogP contribution in [0.3, 0.4) is 0 Å². The van der Waals surface area contributed by atoms with Crippen molar-refractivity contribution in [3.05, 3.63) is 42.2 Å². The first-order chi connectivity index (χ1) is 6.80. The molecule has 0 saturated heterocycles. The summed E-state index contributed by atoms with van der Waals surface area (Å²) < 4.78 is 0. The van der Waals surface area contributed by atoms with Gasteiger partial charge in [-0.05, 0) is 29.9 Å². The van der Waals surface area contributed by atoms with Gasteiger partial charge in [-0.25, -0.2) is 0 Å². The molecule has 2 N–H and O–H groups in total. The molecule has 14 heavy (non-hydrogen) atoms. The molecule has 70 valence electrons. The van der Waals surface area contributed by atoms with Crippen LogP contribution in [0.1, 0.15) is 18.4 Å². The number of aromatic nitrogens is 1. The lowest BCUT2D eigenvalue weighted by Gasteiger charge is -2.11. The Balaban J connectivity index is 2.33.